The van der Waals surface area contributed by atoms with Crippen LogP contribution >= 0.6 is 0 Å². The van der Waals surface area contributed by atoms with Gasteiger partial charge in [0.05, 0.1) is 6.54 Å². The van der Waals surface area contributed by atoms with E-state index < -0.39 is 12.7 Å². The molecule has 17 heavy (non-hydrogen) atoms. The Labute approximate surface area is 100.0 Å². The maximum absolute atomic E-state index is 12.2. The molecule has 0 aromatic carbocycles. The average Bonchev–Trinajstić information content (AvgIpc) is 2.59. The van der Waals surface area contributed by atoms with E-state index in [1.54, 1.807) is 0 Å². The first-order valence-corrected chi connectivity index (χ1v) is 6.06. The molecule has 2 N–H and O–H groups in total. The fraction of sp³-hybridized carbons (Fsp3) is 1.00. The van der Waals surface area contributed by atoms with Gasteiger partial charge in [-0.2, -0.15) is 13.2 Å². The van der Waals surface area contributed by atoms with E-state index in [1.807, 2.05) is 6.92 Å². The van der Waals surface area contributed by atoms with Crippen molar-refractivity contribution in [2.24, 2.45) is 0 Å². The molecular weight excluding hydrogens is 233 g/mol. The van der Waals surface area contributed by atoms with E-state index in [9.17, 15) is 13.2 Å². The fourth-order valence-corrected chi connectivity index (χ4v) is 2.25. The Balaban J connectivity index is 2.21. The molecule has 1 heterocycles. The van der Waals surface area contributed by atoms with E-state index in [1.165, 1.54) is 4.90 Å². The lowest BCUT2D eigenvalue weighted by molar-refractivity contribution is -0.143. The van der Waals surface area contributed by atoms with Gasteiger partial charge in [0.2, 0.25) is 0 Å². The molecule has 1 rings (SSSR count). The van der Waals surface area contributed by atoms with Crippen molar-refractivity contribution >= 4 is 0 Å². The minimum absolute atomic E-state index is 0.144. The van der Waals surface area contributed by atoms with Gasteiger partial charge >= 0.3 is 6.18 Å². The number of nitrogens with one attached hydrogen (secondary N) is 1. The van der Waals surface area contributed by atoms with Gasteiger partial charge in [-0.1, -0.05) is 0 Å². The van der Waals surface area contributed by atoms with E-state index in [0.29, 0.717) is 13.1 Å². The van der Waals surface area contributed by atoms with Crippen LogP contribution in [0.25, 0.3) is 0 Å². The summed E-state index contributed by atoms with van der Waals surface area (Å²) >= 11 is 0. The van der Waals surface area contributed by atoms with Gasteiger partial charge in [0.25, 0.3) is 0 Å². The van der Waals surface area contributed by atoms with Crippen molar-refractivity contribution in [3.63, 3.8) is 0 Å². The monoisotopic (exact) mass is 254 g/mol. The fourth-order valence-electron chi connectivity index (χ4n) is 2.25. The Kier molecular flexibility index (Phi) is 5.69. The van der Waals surface area contributed by atoms with Crippen LogP contribution in [0.5, 0.6) is 0 Å². The first kappa shape index (κ1) is 14.7. The number of halogens is 3. The smallest absolute Gasteiger partial charge is 0.396 e. The van der Waals surface area contributed by atoms with E-state index in [4.69, 9.17) is 5.11 Å². The lowest BCUT2D eigenvalue weighted by Gasteiger charge is -2.21. The van der Waals surface area contributed by atoms with E-state index in [0.717, 1.165) is 19.3 Å². The van der Waals surface area contributed by atoms with Gasteiger partial charge in [-0.3, -0.25) is 4.90 Å². The van der Waals surface area contributed by atoms with Crippen LogP contribution in [0.3, 0.4) is 0 Å². The van der Waals surface area contributed by atoms with Gasteiger partial charge in [-0.25, -0.2) is 0 Å². The van der Waals surface area contributed by atoms with Crippen LogP contribution in [0.1, 0.15) is 26.2 Å². The minimum atomic E-state index is -4.10. The van der Waals surface area contributed by atoms with Crippen LogP contribution < -0.4 is 5.32 Å². The second-order valence-electron chi connectivity index (χ2n) is 4.77. The zero-order valence-corrected chi connectivity index (χ0v) is 10.1. The SMILES string of the molecule is CC(CCCO)NC1CCN(CC(F)(F)F)C1. The first-order valence-electron chi connectivity index (χ1n) is 6.06. The van der Waals surface area contributed by atoms with Crippen LogP contribution in [0.4, 0.5) is 13.2 Å². The summed E-state index contributed by atoms with van der Waals surface area (Å²) in [6.07, 6.45) is -1.75. The van der Waals surface area contributed by atoms with Gasteiger partial charge < -0.3 is 10.4 Å². The minimum Gasteiger partial charge on any atom is -0.396 e. The Morgan fingerprint density at radius 3 is 2.76 bits per heavy atom. The highest BCUT2D eigenvalue weighted by Crippen LogP contribution is 2.20. The molecule has 0 saturated carbocycles. The van der Waals surface area contributed by atoms with Crippen molar-refractivity contribution in [2.45, 2.75) is 44.4 Å². The molecular formula is C11H21F3N2O. The summed E-state index contributed by atoms with van der Waals surface area (Å²) in [6, 6.07) is 0.393. The van der Waals surface area contributed by atoms with Gasteiger partial charge in [0, 0.05) is 31.8 Å². The second kappa shape index (κ2) is 6.56. The summed E-state index contributed by atoms with van der Waals surface area (Å²) in [5.74, 6) is 0. The van der Waals surface area contributed by atoms with Crippen molar-refractivity contribution in [1.29, 1.82) is 0 Å². The molecule has 1 aliphatic heterocycles. The summed E-state index contributed by atoms with van der Waals surface area (Å²) in [7, 11) is 0. The average molecular weight is 254 g/mol. The molecule has 2 atom stereocenters. The summed E-state index contributed by atoms with van der Waals surface area (Å²) in [5, 5.41) is 12.0. The highest BCUT2D eigenvalue weighted by Gasteiger charge is 2.34. The number of likely N-dealkylation sites (tertiary alicyclic amines) is 1. The number of hydrogen-bond donors (Lipinski definition) is 2. The topological polar surface area (TPSA) is 35.5 Å². The van der Waals surface area contributed by atoms with Crippen molar-refractivity contribution in [2.75, 3.05) is 26.2 Å². The molecule has 0 spiro atoms. The number of alkyl halides is 3. The van der Waals surface area contributed by atoms with Crippen molar-refractivity contribution < 1.29 is 18.3 Å². The number of aliphatic hydroxyl groups is 1. The number of nitrogens with zero attached hydrogens (tertiary/aromatic N) is 1. The third-order valence-electron chi connectivity index (χ3n) is 2.99. The quantitative estimate of drug-likeness (QED) is 0.751. The molecule has 102 valence electrons. The Morgan fingerprint density at radius 2 is 2.18 bits per heavy atom. The summed E-state index contributed by atoms with van der Waals surface area (Å²) in [4.78, 5) is 1.44. The predicted molar refractivity (Wildman–Crippen MR) is 59.8 cm³/mol. The zero-order chi connectivity index (χ0) is 12.9. The van der Waals surface area contributed by atoms with Crippen LogP contribution in [0, 0.1) is 0 Å². The van der Waals surface area contributed by atoms with Crippen molar-refractivity contribution in [1.82, 2.24) is 10.2 Å². The maximum atomic E-state index is 12.2. The lowest BCUT2D eigenvalue weighted by atomic mass is 10.1. The predicted octanol–water partition coefficient (Wildman–Crippen LogP) is 1.37. The van der Waals surface area contributed by atoms with E-state index in [-0.39, 0.29) is 18.7 Å². The van der Waals surface area contributed by atoms with Crippen LogP contribution in [-0.2, 0) is 0 Å². The second-order valence-corrected chi connectivity index (χ2v) is 4.77. The van der Waals surface area contributed by atoms with Crippen LogP contribution in [0.15, 0.2) is 0 Å². The molecule has 0 bridgehead atoms. The molecule has 6 heteroatoms. The molecule has 0 aromatic heterocycles. The molecule has 0 aromatic rings. The maximum Gasteiger partial charge on any atom is 0.401 e. The van der Waals surface area contributed by atoms with Gasteiger partial charge in [0.1, 0.15) is 0 Å². The third-order valence-corrected chi connectivity index (χ3v) is 2.99. The standard InChI is InChI=1S/C11H21F3N2O/c1-9(3-2-6-17)15-10-4-5-16(7-10)8-11(12,13)14/h9-10,15,17H,2-8H2,1H3. The molecule has 0 amide bonds. The lowest BCUT2D eigenvalue weighted by Crippen LogP contribution is -2.40. The van der Waals surface area contributed by atoms with Crippen molar-refractivity contribution in [3.05, 3.63) is 0 Å². The van der Waals surface area contributed by atoms with Gasteiger partial charge in [-0.15, -0.1) is 0 Å². The van der Waals surface area contributed by atoms with E-state index in [2.05, 4.69) is 5.32 Å². The summed E-state index contributed by atoms with van der Waals surface area (Å²) in [6.45, 7) is 2.32. The van der Waals surface area contributed by atoms with Crippen LogP contribution in [-0.4, -0.2) is 54.5 Å². The summed E-state index contributed by atoms with van der Waals surface area (Å²) in [5.41, 5.74) is 0. The number of aliphatic hydroxyl groups excluding tert-OH is 1. The molecule has 0 radical (unpaired) electrons. The molecule has 1 aliphatic rings. The largest absolute Gasteiger partial charge is 0.401 e. The summed E-state index contributed by atoms with van der Waals surface area (Å²) < 4.78 is 36.5. The Bertz CT molecular complexity index is 223. The Hall–Kier alpha value is -0.330. The van der Waals surface area contributed by atoms with Gasteiger partial charge in [-0.05, 0) is 26.2 Å². The molecule has 1 fully saturated rings. The van der Waals surface area contributed by atoms with Crippen molar-refractivity contribution in [3.8, 4) is 0 Å². The number of hydrogen-bond acceptors (Lipinski definition) is 3. The zero-order valence-electron chi connectivity index (χ0n) is 10.1. The van der Waals surface area contributed by atoms with Gasteiger partial charge in [0.15, 0.2) is 0 Å². The van der Waals surface area contributed by atoms with Crippen LogP contribution in [0.2, 0.25) is 0 Å². The molecule has 1 saturated heterocycles. The Morgan fingerprint density at radius 1 is 1.47 bits per heavy atom. The molecule has 3 nitrogen and oxygen atoms in total. The highest BCUT2D eigenvalue weighted by atomic mass is 19.4. The first-order chi connectivity index (χ1) is 7.90. The molecule has 0 aliphatic carbocycles. The normalized spacial score (nSPS) is 24.2. The van der Waals surface area contributed by atoms with E-state index >= 15 is 0 Å². The molecule has 2 unspecified atom stereocenters. The highest BCUT2D eigenvalue weighted by molar-refractivity contribution is 4.83. The third kappa shape index (κ3) is 6.24. The number of rotatable bonds is 6.